The van der Waals surface area contributed by atoms with Crippen LogP contribution in [0.15, 0.2) is 24.3 Å². The van der Waals surface area contributed by atoms with Crippen molar-refractivity contribution in [2.24, 2.45) is 5.73 Å². The van der Waals surface area contributed by atoms with Crippen molar-refractivity contribution in [3.8, 4) is 5.75 Å². The van der Waals surface area contributed by atoms with E-state index in [2.05, 4.69) is 10.6 Å². The standard InChI is InChI=1S/C19H23N3O4S2/c1-4-25-9-10-26-14-8-6-5-7-13(14)17(24)21-19(27)22-18-15(16(20)23)11(2)12(3)28-18/h5-8H,4,9-10H2,1-3H3,(H2,20,23)(H2,21,22,24,27). The average molecular weight is 422 g/mol. The number of carbonyl (C=O) groups excluding carboxylic acids is 2. The molecule has 0 saturated heterocycles. The molecule has 0 radical (unpaired) electrons. The Balaban J connectivity index is 2.07. The lowest BCUT2D eigenvalue weighted by Gasteiger charge is -2.13. The zero-order chi connectivity index (χ0) is 20.7. The minimum Gasteiger partial charge on any atom is -0.490 e. The topological polar surface area (TPSA) is 103 Å². The number of aryl methyl sites for hydroxylation is 1. The van der Waals surface area contributed by atoms with Crippen LogP contribution in [0.5, 0.6) is 5.75 Å². The number of nitrogens with one attached hydrogen (secondary N) is 2. The number of primary amides is 1. The molecular weight excluding hydrogens is 398 g/mol. The summed E-state index contributed by atoms with van der Waals surface area (Å²) in [5.41, 5.74) is 6.97. The van der Waals surface area contributed by atoms with E-state index in [1.165, 1.54) is 11.3 Å². The Labute approximate surface area is 173 Å². The number of thiophene rings is 1. The van der Waals surface area contributed by atoms with Crippen LogP contribution < -0.4 is 21.1 Å². The number of amides is 2. The molecule has 0 unspecified atom stereocenters. The SMILES string of the molecule is CCOCCOc1ccccc1C(=O)NC(=S)Nc1sc(C)c(C)c1C(N)=O. The summed E-state index contributed by atoms with van der Waals surface area (Å²) in [4.78, 5) is 25.3. The molecule has 1 aromatic carbocycles. The summed E-state index contributed by atoms with van der Waals surface area (Å²) in [6, 6.07) is 6.86. The van der Waals surface area contributed by atoms with Crippen LogP contribution in [0.4, 0.5) is 5.00 Å². The summed E-state index contributed by atoms with van der Waals surface area (Å²) in [7, 11) is 0. The highest BCUT2D eigenvalue weighted by atomic mass is 32.1. The van der Waals surface area contributed by atoms with Crippen molar-refractivity contribution < 1.29 is 19.1 Å². The van der Waals surface area contributed by atoms with Gasteiger partial charge in [0.2, 0.25) is 0 Å². The molecule has 1 heterocycles. The van der Waals surface area contributed by atoms with Gasteiger partial charge in [0.1, 0.15) is 17.4 Å². The summed E-state index contributed by atoms with van der Waals surface area (Å²) >= 11 is 6.58. The molecule has 0 bridgehead atoms. The first-order valence-electron chi connectivity index (χ1n) is 8.66. The van der Waals surface area contributed by atoms with Crippen LogP contribution in [0.25, 0.3) is 0 Å². The molecule has 28 heavy (non-hydrogen) atoms. The van der Waals surface area contributed by atoms with E-state index in [9.17, 15) is 9.59 Å². The smallest absolute Gasteiger partial charge is 0.261 e. The van der Waals surface area contributed by atoms with Crippen molar-refractivity contribution in [3.05, 3.63) is 45.8 Å². The van der Waals surface area contributed by atoms with Gasteiger partial charge in [-0.3, -0.25) is 14.9 Å². The number of rotatable bonds is 8. The van der Waals surface area contributed by atoms with Crippen LogP contribution in [0.2, 0.25) is 0 Å². The summed E-state index contributed by atoms with van der Waals surface area (Å²) in [5.74, 6) is -0.537. The van der Waals surface area contributed by atoms with Gasteiger partial charge in [0.25, 0.3) is 11.8 Å². The normalized spacial score (nSPS) is 10.4. The second kappa shape index (κ2) is 10.2. The van der Waals surface area contributed by atoms with Gasteiger partial charge >= 0.3 is 0 Å². The quantitative estimate of drug-likeness (QED) is 0.447. The number of para-hydroxylation sites is 1. The molecule has 2 aromatic rings. The second-order valence-electron chi connectivity index (χ2n) is 5.80. The summed E-state index contributed by atoms with van der Waals surface area (Å²) < 4.78 is 10.9. The lowest BCUT2D eigenvalue weighted by atomic mass is 10.1. The maximum Gasteiger partial charge on any atom is 0.261 e. The highest BCUT2D eigenvalue weighted by molar-refractivity contribution is 7.80. The number of ether oxygens (including phenoxy) is 2. The molecule has 0 atom stereocenters. The number of thiocarbonyl (C=S) groups is 1. The first kappa shape index (κ1) is 21.8. The summed E-state index contributed by atoms with van der Waals surface area (Å²) in [6.45, 7) is 6.95. The Morgan fingerprint density at radius 3 is 2.61 bits per heavy atom. The Kier molecular flexibility index (Phi) is 7.91. The average Bonchev–Trinajstić information content (AvgIpc) is 2.92. The second-order valence-corrected chi connectivity index (χ2v) is 7.43. The van der Waals surface area contributed by atoms with Gasteiger partial charge < -0.3 is 20.5 Å². The van der Waals surface area contributed by atoms with Gasteiger partial charge in [-0.05, 0) is 50.7 Å². The van der Waals surface area contributed by atoms with E-state index in [-0.39, 0.29) is 5.11 Å². The van der Waals surface area contributed by atoms with Crippen LogP contribution in [0, 0.1) is 13.8 Å². The molecule has 1 aromatic heterocycles. The Morgan fingerprint density at radius 2 is 1.93 bits per heavy atom. The number of hydrogen-bond donors (Lipinski definition) is 3. The fraction of sp³-hybridized carbons (Fsp3) is 0.316. The molecule has 0 aliphatic carbocycles. The summed E-state index contributed by atoms with van der Waals surface area (Å²) in [6.07, 6.45) is 0. The van der Waals surface area contributed by atoms with Crippen LogP contribution >= 0.6 is 23.6 Å². The van der Waals surface area contributed by atoms with E-state index in [4.69, 9.17) is 27.4 Å². The van der Waals surface area contributed by atoms with Crippen LogP contribution in [0.1, 0.15) is 38.1 Å². The van der Waals surface area contributed by atoms with Gasteiger partial charge in [-0.25, -0.2) is 0 Å². The zero-order valence-corrected chi connectivity index (χ0v) is 17.6. The first-order valence-corrected chi connectivity index (χ1v) is 9.89. The molecule has 150 valence electrons. The number of anilines is 1. The van der Waals surface area contributed by atoms with Crippen molar-refractivity contribution in [2.45, 2.75) is 20.8 Å². The third-order valence-electron chi connectivity index (χ3n) is 3.91. The molecule has 0 aliphatic heterocycles. The molecule has 2 amide bonds. The molecule has 9 heteroatoms. The van der Waals surface area contributed by atoms with E-state index >= 15 is 0 Å². The fourth-order valence-corrected chi connectivity index (χ4v) is 3.78. The predicted molar refractivity (Wildman–Crippen MR) is 114 cm³/mol. The predicted octanol–water partition coefficient (Wildman–Crippen LogP) is 3.01. The molecular formula is C19H23N3O4S2. The molecule has 0 saturated carbocycles. The Bertz CT molecular complexity index is 880. The lowest BCUT2D eigenvalue weighted by Crippen LogP contribution is -2.34. The van der Waals surface area contributed by atoms with Gasteiger partial charge in [-0.2, -0.15) is 0 Å². The monoisotopic (exact) mass is 421 g/mol. The van der Waals surface area contributed by atoms with Gasteiger partial charge in [0.05, 0.1) is 17.7 Å². The van der Waals surface area contributed by atoms with E-state index in [0.717, 1.165) is 10.4 Å². The molecule has 0 spiro atoms. The van der Waals surface area contributed by atoms with Crippen molar-refractivity contribution in [3.63, 3.8) is 0 Å². The van der Waals surface area contributed by atoms with Crippen molar-refractivity contribution in [2.75, 3.05) is 25.1 Å². The molecule has 7 nitrogen and oxygen atoms in total. The fourth-order valence-electron chi connectivity index (χ4n) is 2.45. The van der Waals surface area contributed by atoms with Gasteiger partial charge in [0, 0.05) is 11.5 Å². The minimum atomic E-state index is -0.550. The Morgan fingerprint density at radius 1 is 1.21 bits per heavy atom. The lowest BCUT2D eigenvalue weighted by molar-refractivity contribution is 0.0957. The van der Waals surface area contributed by atoms with Crippen LogP contribution in [-0.2, 0) is 4.74 Å². The largest absolute Gasteiger partial charge is 0.490 e. The first-order chi connectivity index (χ1) is 13.3. The van der Waals surface area contributed by atoms with Crippen molar-refractivity contribution in [1.82, 2.24) is 5.32 Å². The van der Waals surface area contributed by atoms with E-state index in [1.54, 1.807) is 24.3 Å². The number of carbonyl (C=O) groups is 2. The van der Waals surface area contributed by atoms with Crippen molar-refractivity contribution in [1.29, 1.82) is 0 Å². The van der Waals surface area contributed by atoms with E-state index in [0.29, 0.717) is 41.7 Å². The summed E-state index contributed by atoms with van der Waals surface area (Å²) in [5, 5.41) is 6.07. The van der Waals surface area contributed by atoms with Gasteiger partial charge in [-0.1, -0.05) is 12.1 Å². The highest BCUT2D eigenvalue weighted by Gasteiger charge is 2.19. The number of hydrogen-bond acceptors (Lipinski definition) is 6. The Hall–Kier alpha value is -2.49. The van der Waals surface area contributed by atoms with Crippen LogP contribution in [0.3, 0.4) is 0 Å². The zero-order valence-electron chi connectivity index (χ0n) is 16.0. The van der Waals surface area contributed by atoms with E-state index < -0.39 is 11.8 Å². The third-order valence-corrected chi connectivity index (χ3v) is 5.23. The molecule has 0 fully saturated rings. The number of benzene rings is 1. The maximum atomic E-state index is 12.6. The van der Waals surface area contributed by atoms with Gasteiger partial charge in [-0.15, -0.1) is 11.3 Å². The number of nitrogens with two attached hydrogens (primary N) is 1. The molecule has 0 aliphatic rings. The van der Waals surface area contributed by atoms with E-state index in [1.807, 2.05) is 20.8 Å². The third kappa shape index (κ3) is 5.51. The highest BCUT2D eigenvalue weighted by Crippen LogP contribution is 2.32. The van der Waals surface area contributed by atoms with Gasteiger partial charge in [0.15, 0.2) is 5.11 Å². The molecule has 2 rings (SSSR count). The maximum absolute atomic E-state index is 12.6. The minimum absolute atomic E-state index is 0.0675. The van der Waals surface area contributed by atoms with Crippen molar-refractivity contribution >= 4 is 45.5 Å². The van der Waals surface area contributed by atoms with Crippen LogP contribution in [-0.4, -0.2) is 36.7 Å². The molecule has 4 N–H and O–H groups in total.